The predicted molar refractivity (Wildman–Crippen MR) is 111 cm³/mol. The van der Waals surface area contributed by atoms with Crippen molar-refractivity contribution in [2.75, 3.05) is 17.2 Å². The summed E-state index contributed by atoms with van der Waals surface area (Å²) in [6.45, 7) is 0.278. The molecule has 0 amide bonds. The number of hydrogen-bond donors (Lipinski definition) is 4. The Labute approximate surface area is 170 Å². The topological polar surface area (TPSA) is 75.0 Å². The molecule has 0 aliphatic carbocycles. The van der Waals surface area contributed by atoms with Crippen molar-refractivity contribution < 1.29 is 8.78 Å². The third kappa shape index (κ3) is 4.71. The van der Waals surface area contributed by atoms with Gasteiger partial charge in [-0.1, -0.05) is 11.6 Å². The Morgan fingerprint density at radius 3 is 2.57 bits per heavy atom. The maximum atomic E-state index is 13.3. The zero-order valence-electron chi connectivity index (χ0n) is 14.9. The van der Waals surface area contributed by atoms with Crippen LogP contribution in [-0.2, 0) is 6.54 Å². The highest BCUT2D eigenvalue weighted by Gasteiger charge is 2.10. The van der Waals surface area contributed by atoms with E-state index in [4.69, 9.17) is 17.3 Å². The summed E-state index contributed by atoms with van der Waals surface area (Å²) in [5.41, 5.74) is 15.3. The van der Waals surface area contributed by atoms with Gasteiger partial charge >= 0.3 is 0 Å². The number of nitrogens with zero attached hydrogens (tertiary/aromatic N) is 1. The van der Waals surface area contributed by atoms with E-state index in [1.165, 1.54) is 6.07 Å². The molecular formula is C19H18ClF2N5S. The van der Waals surface area contributed by atoms with Crippen molar-refractivity contribution in [3.05, 3.63) is 70.9 Å². The van der Waals surface area contributed by atoms with Gasteiger partial charge in [0.05, 0.1) is 22.1 Å². The monoisotopic (exact) mass is 421 g/mol. The third-order valence-electron chi connectivity index (χ3n) is 3.85. The molecule has 146 valence electrons. The molecule has 3 aromatic rings. The van der Waals surface area contributed by atoms with Gasteiger partial charge in [-0.25, -0.2) is 19.2 Å². The van der Waals surface area contributed by atoms with Crippen LogP contribution in [0.25, 0.3) is 11.3 Å². The van der Waals surface area contributed by atoms with Crippen LogP contribution in [0.1, 0.15) is 5.69 Å². The number of pyridine rings is 1. The van der Waals surface area contributed by atoms with Crippen LogP contribution < -0.4 is 21.3 Å². The molecule has 1 heterocycles. The maximum absolute atomic E-state index is 13.3. The number of hydrogen-bond acceptors (Lipinski definition) is 6. The van der Waals surface area contributed by atoms with Crippen molar-refractivity contribution in [2.24, 2.45) is 5.73 Å². The minimum Gasteiger partial charge on any atom is -0.326 e. The van der Waals surface area contributed by atoms with E-state index < -0.39 is 11.6 Å². The summed E-state index contributed by atoms with van der Waals surface area (Å²) in [6.07, 6.45) is 0. The van der Waals surface area contributed by atoms with Gasteiger partial charge in [0.25, 0.3) is 0 Å². The van der Waals surface area contributed by atoms with Crippen molar-refractivity contribution in [2.45, 2.75) is 11.4 Å². The molecule has 28 heavy (non-hydrogen) atoms. The van der Waals surface area contributed by atoms with Crippen LogP contribution in [0, 0.1) is 11.6 Å². The standard InChI is InChI=1S/C19H18ClF2N5S/c1-24-26-18-7-6-17(25-19(18)10-23)13-4-2-11(8-14(13)20)27-28-12-3-5-15(21)16(22)9-12/h2-9,24,26-27H,10,23H2,1H3. The molecule has 0 aliphatic rings. The second kappa shape index (κ2) is 9.20. The zero-order valence-corrected chi connectivity index (χ0v) is 16.5. The Bertz CT molecular complexity index is 987. The molecule has 0 saturated carbocycles. The maximum Gasteiger partial charge on any atom is 0.160 e. The van der Waals surface area contributed by atoms with Gasteiger partial charge in [0.15, 0.2) is 11.6 Å². The lowest BCUT2D eigenvalue weighted by molar-refractivity contribution is 0.506. The van der Waals surface area contributed by atoms with Gasteiger partial charge in [-0.2, -0.15) is 0 Å². The van der Waals surface area contributed by atoms with E-state index in [2.05, 4.69) is 20.6 Å². The lowest BCUT2D eigenvalue weighted by Gasteiger charge is -2.12. The first-order valence-corrected chi connectivity index (χ1v) is 9.52. The molecule has 0 saturated heterocycles. The number of aromatic nitrogens is 1. The second-order valence-corrected chi connectivity index (χ2v) is 7.03. The first-order chi connectivity index (χ1) is 13.5. The van der Waals surface area contributed by atoms with Crippen LogP contribution in [-0.4, -0.2) is 12.0 Å². The van der Waals surface area contributed by atoms with Gasteiger partial charge in [-0.05, 0) is 60.5 Å². The number of rotatable bonds is 7. The zero-order chi connectivity index (χ0) is 20.1. The first-order valence-electron chi connectivity index (χ1n) is 8.32. The van der Waals surface area contributed by atoms with Crippen molar-refractivity contribution in [3.8, 4) is 11.3 Å². The molecular weight excluding hydrogens is 404 g/mol. The number of anilines is 2. The van der Waals surface area contributed by atoms with E-state index in [0.29, 0.717) is 21.3 Å². The van der Waals surface area contributed by atoms with E-state index in [9.17, 15) is 8.78 Å². The summed E-state index contributed by atoms with van der Waals surface area (Å²) in [5.74, 6) is -1.77. The van der Waals surface area contributed by atoms with Crippen molar-refractivity contribution >= 4 is 34.9 Å². The quantitative estimate of drug-likeness (QED) is 0.324. The normalized spacial score (nSPS) is 10.8. The van der Waals surface area contributed by atoms with Gasteiger partial charge in [-0.15, -0.1) is 0 Å². The number of nitrogens with two attached hydrogens (primary N) is 1. The van der Waals surface area contributed by atoms with Gasteiger partial charge in [-0.3, -0.25) is 0 Å². The van der Waals surface area contributed by atoms with Crippen molar-refractivity contribution in [1.82, 2.24) is 10.4 Å². The Kier molecular flexibility index (Phi) is 6.69. The van der Waals surface area contributed by atoms with E-state index in [1.807, 2.05) is 24.3 Å². The van der Waals surface area contributed by atoms with Gasteiger partial charge in [0.2, 0.25) is 0 Å². The molecule has 0 bridgehead atoms. The molecule has 5 N–H and O–H groups in total. The molecule has 0 radical (unpaired) electrons. The number of nitrogens with one attached hydrogen (secondary N) is 3. The Morgan fingerprint density at radius 1 is 1.07 bits per heavy atom. The summed E-state index contributed by atoms with van der Waals surface area (Å²) in [5, 5.41) is 0.501. The Balaban J connectivity index is 1.77. The van der Waals surface area contributed by atoms with Crippen molar-refractivity contribution in [1.29, 1.82) is 0 Å². The Morgan fingerprint density at radius 2 is 1.89 bits per heavy atom. The number of halogens is 3. The van der Waals surface area contributed by atoms with E-state index in [1.54, 1.807) is 13.1 Å². The summed E-state index contributed by atoms with van der Waals surface area (Å²) in [7, 11) is 1.76. The molecule has 0 spiro atoms. The van der Waals surface area contributed by atoms with Crippen LogP contribution in [0.15, 0.2) is 53.4 Å². The molecule has 1 aromatic heterocycles. The van der Waals surface area contributed by atoms with Crippen LogP contribution in [0.4, 0.5) is 20.2 Å². The summed E-state index contributed by atoms with van der Waals surface area (Å²) in [6, 6.07) is 12.8. The molecule has 3 rings (SSSR count). The first kappa shape index (κ1) is 20.3. The Hall–Kier alpha value is -2.39. The van der Waals surface area contributed by atoms with Gasteiger partial charge in [0.1, 0.15) is 0 Å². The molecule has 0 atom stereocenters. The summed E-state index contributed by atoms with van der Waals surface area (Å²) in [4.78, 5) is 5.11. The van der Waals surface area contributed by atoms with Crippen LogP contribution >= 0.6 is 23.5 Å². The number of benzene rings is 2. The molecule has 2 aromatic carbocycles. The minimum absolute atomic E-state index is 0.278. The fourth-order valence-corrected chi connectivity index (χ4v) is 3.44. The highest BCUT2D eigenvalue weighted by molar-refractivity contribution is 8.00. The fourth-order valence-electron chi connectivity index (χ4n) is 2.50. The lowest BCUT2D eigenvalue weighted by Crippen LogP contribution is -2.18. The van der Waals surface area contributed by atoms with E-state index >= 15 is 0 Å². The average Bonchev–Trinajstić information content (AvgIpc) is 2.69. The summed E-state index contributed by atoms with van der Waals surface area (Å²) < 4.78 is 29.3. The van der Waals surface area contributed by atoms with Crippen LogP contribution in [0.3, 0.4) is 0 Å². The largest absolute Gasteiger partial charge is 0.326 e. The van der Waals surface area contributed by atoms with Gasteiger partial charge in [0, 0.05) is 29.7 Å². The summed E-state index contributed by atoms with van der Waals surface area (Å²) >= 11 is 7.59. The molecule has 0 aliphatic heterocycles. The van der Waals surface area contributed by atoms with Crippen molar-refractivity contribution in [3.63, 3.8) is 0 Å². The van der Waals surface area contributed by atoms with Crippen LogP contribution in [0.5, 0.6) is 0 Å². The SMILES string of the molecule is CNNc1ccc(-c2ccc(NSc3ccc(F)c(F)c3)cc2Cl)nc1CN. The number of hydrazine groups is 1. The predicted octanol–water partition coefficient (Wildman–Crippen LogP) is 4.80. The third-order valence-corrected chi connectivity index (χ3v) is 4.99. The lowest BCUT2D eigenvalue weighted by atomic mass is 10.1. The van der Waals surface area contributed by atoms with E-state index in [-0.39, 0.29) is 6.54 Å². The smallest absolute Gasteiger partial charge is 0.160 e. The second-order valence-electron chi connectivity index (χ2n) is 5.74. The molecule has 5 nitrogen and oxygen atoms in total. The fraction of sp³-hybridized carbons (Fsp3) is 0.105. The molecule has 0 fully saturated rings. The minimum atomic E-state index is -0.891. The average molecular weight is 422 g/mol. The molecule has 9 heteroatoms. The highest BCUT2D eigenvalue weighted by Crippen LogP contribution is 2.32. The van der Waals surface area contributed by atoms with Crippen LogP contribution in [0.2, 0.25) is 5.02 Å². The molecule has 0 unspecified atom stereocenters. The highest BCUT2D eigenvalue weighted by atomic mass is 35.5. The van der Waals surface area contributed by atoms with E-state index in [0.717, 1.165) is 41.0 Å². The van der Waals surface area contributed by atoms with Gasteiger partial charge < -0.3 is 15.9 Å².